The van der Waals surface area contributed by atoms with Crippen molar-refractivity contribution in [1.29, 1.82) is 0 Å². The highest BCUT2D eigenvalue weighted by Crippen LogP contribution is 2.16. The number of nitrogens with one attached hydrogen (secondary N) is 2. The Morgan fingerprint density at radius 3 is 2.75 bits per heavy atom. The van der Waals surface area contributed by atoms with Crippen LogP contribution in [-0.2, 0) is 0 Å². The maximum Gasteiger partial charge on any atom is 0.319 e. The number of hydrogen-bond acceptors (Lipinski definition) is 3. The zero-order valence-corrected chi connectivity index (χ0v) is 12.2. The molecule has 2 N–H and O–H groups in total. The Morgan fingerprint density at radius 2 is 2.15 bits per heavy atom. The molecule has 1 aliphatic rings. The van der Waals surface area contributed by atoms with E-state index in [4.69, 9.17) is 4.74 Å². The molecule has 5 nitrogen and oxygen atoms in total. The van der Waals surface area contributed by atoms with Crippen LogP contribution in [0.4, 0.5) is 10.5 Å². The van der Waals surface area contributed by atoms with Crippen molar-refractivity contribution in [2.45, 2.75) is 13.3 Å². The van der Waals surface area contributed by atoms with Crippen molar-refractivity contribution in [3.05, 3.63) is 24.3 Å². The number of carbonyl (C=O) groups excluding carboxylic acids is 1. The number of carbonyl (C=O) groups is 1. The average Bonchev–Trinajstić information content (AvgIpc) is 2.85. The van der Waals surface area contributed by atoms with Crippen LogP contribution in [0, 0.1) is 5.92 Å². The molecule has 2 rings (SSSR count). The van der Waals surface area contributed by atoms with Crippen LogP contribution in [-0.4, -0.2) is 44.2 Å². The van der Waals surface area contributed by atoms with Gasteiger partial charge in [0.2, 0.25) is 0 Å². The van der Waals surface area contributed by atoms with Gasteiger partial charge in [-0.25, -0.2) is 4.79 Å². The summed E-state index contributed by atoms with van der Waals surface area (Å²) in [4.78, 5) is 14.1. The highest BCUT2D eigenvalue weighted by Gasteiger charge is 2.19. The first-order valence-corrected chi connectivity index (χ1v) is 7.13. The third-order valence-corrected chi connectivity index (χ3v) is 3.46. The normalized spacial score (nSPS) is 18.8. The number of hydrogen-bond donors (Lipinski definition) is 2. The van der Waals surface area contributed by atoms with E-state index in [1.165, 1.54) is 0 Å². The largest absolute Gasteiger partial charge is 0.494 e. The Balaban J connectivity index is 1.73. The van der Waals surface area contributed by atoms with Gasteiger partial charge in [0, 0.05) is 18.8 Å². The van der Waals surface area contributed by atoms with E-state index in [0.29, 0.717) is 12.5 Å². The van der Waals surface area contributed by atoms with Crippen molar-refractivity contribution < 1.29 is 9.53 Å². The van der Waals surface area contributed by atoms with E-state index in [1.54, 1.807) is 0 Å². The molecule has 1 atom stereocenters. The minimum Gasteiger partial charge on any atom is -0.494 e. The molecule has 0 spiro atoms. The highest BCUT2D eigenvalue weighted by molar-refractivity contribution is 5.89. The molecule has 0 aromatic heterocycles. The number of ether oxygens (including phenoxy) is 1. The second-order valence-electron chi connectivity index (χ2n) is 5.21. The van der Waals surface area contributed by atoms with Crippen LogP contribution >= 0.6 is 0 Å². The smallest absolute Gasteiger partial charge is 0.319 e. The molecule has 20 heavy (non-hydrogen) atoms. The Kier molecular flexibility index (Phi) is 5.24. The first-order chi connectivity index (χ1) is 9.67. The van der Waals surface area contributed by atoms with E-state index in [2.05, 4.69) is 22.6 Å². The molecule has 5 heteroatoms. The molecule has 1 aromatic rings. The van der Waals surface area contributed by atoms with E-state index < -0.39 is 0 Å². The second-order valence-corrected chi connectivity index (χ2v) is 5.21. The maximum absolute atomic E-state index is 11.8. The number of likely N-dealkylation sites (tertiary alicyclic amines) is 1. The first kappa shape index (κ1) is 14.7. The molecule has 1 fully saturated rings. The van der Waals surface area contributed by atoms with Crippen molar-refractivity contribution >= 4 is 11.7 Å². The van der Waals surface area contributed by atoms with Gasteiger partial charge in [0.05, 0.1) is 6.61 Å². The van der Waals surface area contributed by atoms with Gasteiger partial charge in [-0.2, -0.15) is 0 Å². The predicted octanol–water partition coefficient (Wildman–Crippen LogP) is 2.16. The minimum atomic E-state index is -0.149. The molecular formula is C15H23N3O2. The zero-order chi connectivity index (χ0) is 14.4. The lowest BCUT2D eigenvalue weighted by Gasteiger charge is -2.12. The summed E-state index contributed by atoms with van der Waals surface area (Å²) in [7, 11) is 2.11. The molecule has 0 unspecified atom stereocenters. The first-order valence-electron chi connectivity index (χ1n) is 7.13. The van der Waals surface area contributed by atoms with Gasteiger partial charge in [0.25, 0.3) is 0 Å². The lowest BCUT2D eigenvalue weighted by Crippen LogP contribution is -2.33. The summed E-state index contributed by atoms with van der Waals surface area (Å²) in [6.45, 7) is 5.49. The monoisotopic (exact) mass is 277 g/mol. The van der Waals surface area contributed by atoms with Gasteiger partial charge >= 0.3 is 6.03 Å². The van der Waals surface area contributed by atoms with Crippen LogP contribution in [0.15, 0.2) is 24.3 Å². The molecule has 0 saturated carbocycles. The van der Waals surface area contributed by atoms with Crippen LogP contribution in [0.5, 0.6) is 5.75 Å². The summed E-state index contributed by atoms with van der Waals surface area (Å²) >= 11 is 0. The van der Waals surface area contributed by atoms with E-state index in [1.807, 2.05) is 31.2 Å². The van der Waals surface area contributed by atoms with Crippen LogP contribution in [0.25, 0.3) is 0 Å². The minimum absolute atomic E-state index is 0.149. The van der Waals surface area contributed by atoms with Crippen LogP contribution in [0.3, 0.4) is 0 Å². The molecule has 0 bridgehead atoms. The molecule has 1 aliphatic heterocycles. The van der Waals surface area contributed by atoms with Gasteiger partial charge in [0.15, 0.2) is 0 Å². The number of amides is 2. The van der Waals surface area contributed by atoms with E-state index in [9.17, 15) is 4.79 Å². The Labute approximate surface area is 120 Å². The topological polar surface area (TPSA) is 53.6 Å². The molecule has 110 valence electrons. The van der Waals surface area contributed by atoms with Crippen molar-refractivity contribution in [3.63, 3.8) is 0 Å². The fourth-order valence-corrected chi connectivity index (χ4v) is 2.41. The summed E-state index contributed by atoms with van der Waals surface area (Å²) in [5.41, 5.74) is 0.773. The molecule has 1 heterocycles. The Bertz CT molecular complexity index is 433. The SMILES string of the molecule is CCOc1ccc(NC(=O)NC[C@@H]2CCN(C)C2)cc1. The zero-order valence-electron chi connectivity index (χ0n) is 12.2. The van der Waals surface area contributed by atoms with Gasteiger partial charge in [-0.1, -0.05) is 0 Å². The molecule has 2 amide bonds. The summed E-state index contributed by atoms with van der Waals surface area (Å²) in [5, 5.41) is 5.75. The van der Waals surface area contributed by atoms with Crippen LogP contribution in [0.2, 0.25) is 0 Å². The molecular weight excluding hydrogens is 254 g/mol. The summed E-state index contributed by atoms with van der Waals surface area (Å²) in [5.74, 6) is 1.37. The number of urea groups is 1. The summed E-state index contributed by atoms with van der Waals surface area (Å²) in [6, 6.07) is 7.24. The van der Waals surface area contributed by atoms with Crippen molar-refractivity contribution in [2.75, 3.05) is 38.6 Å². The number of rotatable bonds is 5. The van der Waals surface area contributed by atoms with E-state index >= 15 is 0 Å². The Morgan fingerprint density at radius 1 is 1.40 bits per heavy atom. The van der Waals surface area contributed by atoms with Crippen molar-refractivity contribution in [2.24, 2.45) is 5.92 Å². The lowest BCUT2D eigenvalue weighted by molar-refractivity contribution is 0.250. The Hall–Kier alpha value is -1.75. The number of benzene rings is 1. The van der Waals surface area contributed by atoms with Gasteiger partial charge in [-0.15, -0.1) is 0 Å². The average molecular weight is 277 g/mol. The highest BCUT2D eigenvalue weighted by atomic mass is 16.5. The standard InChI is InChI=1S/C15H23N3O2/c1-3-20-14-6-4-13(5-7-14)17-15(19)16-10-12-8-9-18(2)11-12/h4-7,12H,3,8-11H2,1-2H3,(H2,16,17,19)/t12-/m0/s1. The van der Waals surface area contributed by atoms with Gasteiger partial charge in [-0.05, 0) is 57.1 Å². The summed E-state index contributed by atoms with van der Waals surface area (Å²) < 4.78 is 5.36. The third-order valence-electron chi connectivity index (χ3n) is 3.46. The van der Waals surface area contributed by atoms with Crippen LogP contribution < -0.4 is 15.4 Å². The fraction of sp³-hybridized carbons (Fsp3) is 0.533. The van der Waals surface area contributed by atoms with Crippen molar-refractivity contribution in [3.8, 4) is 5.75 Å². The van der Waals surface area contributed by atoms with E-state index in [0.717, 1.165) is 37.5 Å². The predicted molar refractivity (Wildman–Crippen MR) is 80.2 cm³/mol. The molecule has 1 aromatic carbocycles. The third kappa shape index (κ3) is 4.42. The lowest BCUT2D eigenvalue weighted by atomic mass is 10.1. The molecule has 0 radical (unpaired) electrons. The summed E-state index contributed by atoms with van der Waals surface area (Å²) in [6.07, 6.45) is 1.15. The molecule has 0 aliphatic carbocycles. The second kappa shape index (κ2) is 7.14. The quantitative estimate of drug-likeness (QED) is 0.867. The van der Waals surface area contributed by atoms with Gasteiger partial charge < -0.3 is 20.3 Å². The number of anilines is 1. The van der Waals surface area contributed by atoms with Crippen LogP contribution in [0.1, 0.15) is 13.3 Å². The number of nitrogens with zero attached hydrogens (tertiary/aromatic N) is 1. The van der Waals surface area contributed by atoms with Gasteiger partial charge in [-0.3, -0.25) is 0 Å². The van der Waals surface area contributed by atoms with Crippen molar-refractivity contribution in [1.82, 2.24) is 10.2 Å². The fourth-order valence-electron chi connectivity index (χ4n) is 2.41. The maximum atomic E-state index is 11.8. The van der Waals surface area contributed by atoms with E-state index in [-0.39, 0.29) is 6.03 Å². The van der Waals surface area contributed by atoms with Gasteiger partial charge in [0.1, 0.15) is 5.75 Å². The molecule has 1 saturated heterocycles.